The predicted molar refractivity (Wildman–Crippen MR) is 78.1 cm³/mol. The highest BCUT2D eigenvalue weighted by molar-refractivity contribution is 7.95. The Balaban J connectivity index is 2.49. The van der Waals surface area contributed by atoms with E-state index in [-0.39, 0.29) is 32.4 Å². The maximum Gasteiger partial charge on any atom is 0.247 e. The van der Waals surface area contributed by atoms with Crippen molar-refractivity contribution in [3.8, 4) is 0 Å². The summed E-state index contributed by atoms with van der Waals surface area (Å²) in [5.41, 5.74) is 0.310. The van der Waals surface area contributed by atoms with E-state index in [1.165, 1.54) is 6.07 Å². The SMILES string of the molecule is CC(C)C(=O)NC1CCS(=O)(=O)c2sc(S(N)(=O)=O)cc21. The van der Waals surface area contributed by atoms with Gasteiger partial charge in [0.15, 0.2) is 9.84 Å². The third kappa shape index (κ3) is 3.28. The van der Waals surface area contributed by atoms with Crippen molar-refractivity contribution in [2.24, 2.45) is 11.1 Å². The van der Waals surface area contributed by atoms with Gasteiger partial charge in [-0.2, -0.15) is 0 Å². The Labute approximate surface area is 127 Å². The van der Waals surface area contributed by atoms with Gasteiger partial charge in [-0.15, -0.1) is 11.3 Å². The molecule has 7 nitrogen and oxygen atoms in total. The van der Waals surface area contributed by atoms with Crippen molar-refractivity contribution >= 4 is 37.1 Å². The highest BCUT2D eigenvalue weighted by atomic mass is 32.3. The van der Waals surface area contributed by atoms with Gasteiger partial charge in [0.2, 0.25) is 15.9 Å². The van der Waals surface area contributed by atoms with Gasteiger partial charge in [-0.1, -0.05) is 13.8 Å². The van der Waals surface area contributed by atoms with Crippen LogP contribution in [-0.2, 0) is 24.7 Å². The first-order valence-corrected chi connectivity index (χ1v) is 10.2. The molecule has 0 aliphatic carbocycles. The molecule has 0 saturated carbocycles. The average molecular weight is 352 g/mol. The van der Waals surface area contributed by atoms with Crippen LogP contribution in [0.3, 0.4) is 0 Å². The minimum absolute atomic E-state index is 0.0215. The molecule has 1 unspecified atom stereocenters. The van der Waals surface area contributed by atoms with E-state index in [2.05, 4.69) is 5.32 Å². The minimum atomic E-state index is -3.97. The van der Waals surface area contributed by atoms with E-state index >= 15 is 0 Å². The number of amides is 1. The van der Waals surface area contributed by atoms with Crippen molar-refractivity contribution in [2.75, 3.05) is 5.75 Å². The smallest absolute Gasteiger partial charge is 0.247 e. The van der Waals surface area contributed by atoms with Gasteiger partial charge in [0.25, 0.3) is 0 Å². The molecule has 1 aromatic heterocycles. The molecule has 0 bridgehead atoms. The summed E-state index contributed by atoms with van der Waals surface area (Å²) in [6.07, 6.45) is 0.217. The Morgan fingerprint density at radius 2 is 2.10 bits per heavy atom. The molecule has 10 heteroatoms. The van der Waals surface area contributed by atoms with Crippen LogP contribution in [0.15, 0.2) is 14.5 Å². The van der Waals surface area contributed by atoms with Crippen molar-refractivity contribution in [1.82, 2.24) is 5.32 Å². The summed E-state index contributed by atoms with van der Waals surface area (Å²) >= 11 is 0.636. The molecule has 2 rings (SSSR count). The Morgan fingerprint density at radius 3 is 2.62 bits per heavy atom. The van der Waals surface area contributed by atoms with E-state index in [0.717, 1.165) is 0 Å². The largest absolute Gasteiger partial charge is 0.349 e. The molecule has 1 aliphatic heterocycles. The fraction of sp³-hybridized carbons (Fsp3) is 0.545. The van der Waals surface area contributed by atoms with Gasteiger partial charge in [0, 0.05) is 11.5 Å². The third-order valence-corrected chi connectivity index (χ3v) is 8.11. The van der Waals surface area contributed by atoms with Gasteiger partial charge in [0.1, 0.15) is 8.42 Å². The number of carbonyl (C=O) groups excluding carboxylic acids is 1. The zero-order valence-corrected chi connectivity index (χ0v) is 13.9. The number of sulfonamides is 1. The molecule has 0 fully saturated rings. The lowest BCUT2D eigenvalue weighted by molar-refractivity contribution is -0.124. The lowest BCUT2D eigenvalue weighted by Crippen LogP contribution is -2.35. The lowest BCUT2D eigenvalue weighted by Gasteiger charge is -2.24. The molecule has 0 saturated heterocycles. The number of sulfone groups is 1. The lowest BCUT2D eigenvalue weighted by atomic mass is 10.1. The summed E-state index contributed by atoms with van der Waals surface area (Å²) in [6, 6.07) is 0.738. The van der Waals surface area contributed by atoms with E-state index in [4.69, 9.17) is 5.14 Å². The molecule has 21 heavy (non-hydrogen) atoms. The van der Waals surface area contributed by atoms with Gasteiger partial charge in [-0.25, -0.2) is 22.0 Å². The van der Waals surface area contributed by atoms with Crippen LogP contribution in [0, 0.1) is 5.92 Å². The summed E-state index contributed by atoms with van der Waals surface area (Å²) in [6.45, 7) is 3.44. The van der Waals surface area contributed by atoms with Crippen LogP contribution in [0.1, 0.15) is 31.9 Å². The number of fused-ring (bicyclic) bond motifs is 1. The first-order chi connectivity index (χ1) is 9.52. The topological polar surface area (TPSA) is 123 Å². The Morgan fingerprint density at radius 1 is 1.48 bits per heavy atom. The summed E-state index contributed by atoms with van der Waals surface area (Å²) in [4.78, 5) is 11.8. The van der Waals surface area contributed by atoms with Crippen LogP contribution in [0.2, 0.25) is 0 Å². The molecule has 1 atom stereocenters. The Hall–Kier alpha value is -0.970. The third-order valence-electron chi connectivity index (χ3n) is 3.16. The molecular formula is C11H16N2O5S3. The normalized spacial score (nSPS) is 21.0. The number of hydrogen-bond donors (Lipinski definition) is 2. The van der Waals surface area contributed by atoms with Crippen LogP contribution >= 0.6 is 11.3 Å². The van der Waals surface area contributed by atoms with E-state index in [9.17, 15) is 21.6 Å². The van der Waals surface area contributed by atoms with Gasteiger partial charge in [-0.05, 0) is 12.5 Å². The van der Waals surface area contributed by atoms with E-state index < -0.39 is 25.9 Å². The van der Waals surface area contributed by atoms with Gasteiger partial charge in [-0.3, -0.25) is 4.79 Å². The molecule has 0 spiro atoms. The van der Waals surface area contributed by atoms with Crippen molar-refractivity contribution in [2.45, 2.75) is 34.7 Å². The number of hydrogen-bond acceptors (Lipinski definition) is 6. The number of primary sulfonamides is 1. The minimum Gasteiger partial charge on any atom is -0.349 e. The van der Waals surface area contributed by atoms with Gasteiger partial charge in [0.05, 0.1) is 11.8 Å². The van der Waals surface area contributed by atoms with Gasteiger partial charge < -0.3 is 5.32 Å². The second-order valence-corrected chi connectivity index (χ2v) is 10.3. The average Bonchev–Trinajstić information content (AvgIpc) is 2.78. The first-order valence-electron chi connectivity index (χ1n) is 6.22. The molecule has 1 aliphatic rings. The van der Waals surface area contributed by atoms with Crippen LogP contribution in [0.4, 0.5) is 0 Å². The molecule has 3 N–H and O–H groups in total. The fourth-order valence-corrected chi connectivity index (χ4v) is 6.17. The van der Waals surface area contributed by atoms with Crippen LogP contribution in [-0.4, -0.2) is 28.5 Å². The van der Waals surface area contributed by atoms with Crippen molar-refractivity contribution in [3.05, 3.63) is 11.6 Å². The number of nitrogens with one attached hydrogen (secondary N) is 1. The van der Waals surface area contributed by atoms with E-state index in [1.807, 2.05) is 0 Å². The number of rotatable bonds is 3. The fourth-order valence-electron chi connectivity index (χ4n) is 2.00. The highest BCUT2D eigenvalue weighted by Gasteiger charge is 2.35. The number of nitrogens with two attached hydrogens (primary N) is 1. The van der Waals surface area contributed by atoms with Crippen LogP contribution in [0.5, 0.6) is 0 Å². The Bertz CT molecular complexity index is 777. The van der Waals surface area contributed by atoms with Crippen molar-refractivity contribution in [3.63, 3.8) is 0 Å². The Kier molecular flexibility index (Phi) is 4.17. The molecule has 0 radical (unpaired) electrons. The summed E-state index contributed by atoms with van der Waals surface area (Å²) in [7, 11) is -7.50. The molecular weight excluding hydrogens is 336 g/mol. The maximum absolute atomic E-state index is 12.0. The maximum atomic E-state index is 12.0. The number of thiophene rings is 1. The zero-order valence-electron chi connectivity index (χ0n) is 11.5. The summed E-state index contributed by atoms with van der Waals surface area (Å²) in [5, 5.41) is 7.80. The van der Waals surface area contributed by atoms with Crippen LogP contribution in [0.25, 0.3) is 0 Å². The highest BCUT2D eigenvalue weighted by Crippen LogP contribution is 2.39. The summed E-state index contributed by atoms with van der Waals surface area (Å²) in [5.74, 6) is -0.593. The zero-order chi connectivity index (χ0) is 16.0. The van der Waals surface area contributed by atoms with Crippen molar-refractivity contribution < 1.29 is 21.6 Å². The quantitative estimate of drug-likeness (QED) is 0.814. The van der Waals surface area contributed by atoms with Crippen LogP contribution < -0.4 is 10.5 Å². The molecule has 1 amide bonds. The second-order valence-electron chi connectivity index (χ2n) is 5.18. The second kappa shape index (κ2) is 5.34. The molecule has 2 heterocycles. The monoisotopic (exact) mass is 352 g/mol. The molecule has 0 aromatic carbocycles. The summed E-state index contributed by atoms with van der Waals surface area (Å²) < 4.78 is 46.7. The molecule has 118 valence electrons. The van der Waals surface area contributed by atoms with Crippen molar-refractivity contribution in [1.29, 1.82) is 0 Å². The van der Waals surface area contributed by atoms with Gasteiger partial charge >= 0.3 is 0 Å². The predicted octanol–water partition coefficient (Wildman–Crippen LogP) is 0.386. The number of carbonyl (C=O) groups is 1. The van der Waals surface area contributed by atoms with E-state index in [0.29, 0.717) is 16.9 Å². The first kappa shape index (κ1) is 16.4. The molecule has 1 aromatic rings. The standard InChI is InChI=1S/C11H16N2O5S3/c1-6(2)10(14)13-8-3-4-20(15,16)11-7(8)5-9(19-11)21(12,17)18/h5-6,8H,3-4H2,1-2H3,(H,13,14)(H2,12,17,18). The van der Waals surface area contributed by atoms with E-state index in [1.54, 1.807) is 13.8 Å².